The van der Waals surface area contributed by atoms with E-state index < -0.39 is 0 Å². The highest BCUT2D eigenvalue weighted by Crippen LogP contribution is 2.46. The molecule has 0 fully saturated rings. The third kappa shape index (κ3) is 2.98. The molecule has 11 aromatic rings. The van der Waals surface area contributed by atoms with Gasteiger partial charge in [-0.2, -0.15) is 0 Å². The Morgan fingerprint density at radius 3 is 1.80 bits per heavy atom. The highest BCUT2D eigenvalue weighted by atomic mass is 15.1. The Balaban J connectivity index is 1.41. The van der Waals surface area contributed by atoms with Crippen molar-refractivity contribution in [3.8, 4) is 17.1 Å². The first-order chi connectivity index (χ1) is 22.8. The van der Waals surface area contributed by atoms with Crippen LogP contribution in [0.2, 0.25) is 0 Å². The number of nitrogens with zero attached hydrogens (tertiary/aromatic N) is 4. The summed E-state index contributed by atoms with van der Waals surface area (Å²) < 4.78 is 4.84. The van der Waals surface area contributed by atoms with Gasteiger partial charge in [0.1, 0.15) is 5.69 Å². The first-order valence-corrected chi connectivity index (χ1v) is 15.7. The van der Waals surface area contributed by atoms with E-state index in [4.69, 9.17) is 9.97 Å². The quantitative estimate of drug-likeness (QED) is 0.203. The maximum Gasteiger partial charge on any atom is 0.165 e. The summed E-state index contributed by atoms with van der Waals surface area (Å²) in [5, 5.41) is 9.81. The minimum atomic E-state index is 0.836. The highest BCUT2D eigenvalue weighted by Gasteiger charge is 2.25. The van der Waals surface area contributed by atoms with Gasteiger partial charge in [0.05, 0.1) is 38.6 Å². The fourth-order valence-corrected chi connectivity index (χ4v) is 7.96. The van der Waals surface area contributed by atoms with Gasteiger partial charge < -0.3 is 4.40 Å². The van der Waals surface area contributed by atoms with Crippen LogP contribution in [0.15, 0.2) is 146 Å². The normalized spacial score (nSPS) is 12.3. The van der Waals surface area contributed by atoms with Crippen molar-refractivity contribution in [1.82, 2.24) is 18.9 Å². The predicted molar refractivity (Wildman–Crippen MR) is 191 cm³/mol. The number of rotatable bonds is 2. The molecule has 4 nitrogen and oxygen atoms in total. The van der Waals surface area contributed by atoms with E-state index in [0.29, 0.717) is 0 Å². The zero-order valence-corrected chi connectivity index (χ0v) is 24.6. The van der Waals surface area contributed by atoms with Crippen LogP contribution >= 0.6 is 0 Å². The SMILES string of the molecule is c1ccc2c(-c3nc4ccccc4nc3-n3c4cccc5c6ccccc6n6c7ccccc7c7ccc3c(c54)c76)cccc2c1. The van der Waals surface area contributed by atoms with E-state index in [1.54, 1.807) is 0 Å². The molecule has 0 spiro atoms. The number of benzene rings is 7. The number of aromatic nitrogens is 4. The zero-order valence-electron chi connectivity index (χ0n) is 24.6. The van der Waals surface area contributed by atoms with Crippen molar-refractivity contribution in [2.75, 3.05) is 0 Å². The molecule has 0 amide bonds. The molecule has 0 radical (unpaired) electrons. The molecule has 0 N–H and O–H groups in total. The first kappa shape index (κ1) is 24.1. The second-order valence-electron chi connectivity index (χ2n) is 12.2. The van der Waals surface area contributed by atoms with Gasteiger partial charge in [-0.15, -0.1) is 0 Å². The fraction of sp³-hybridized carbons (Fsp3) is 0. The van der Waals surface area contributed by atoms with Crippen LogP contribution in [-0.4, -0.2) is 18.9 Å². The summed E-state index contributed by atoms with van der Waals surface area (Å²) in [5.74, 6) is 0.836. The van der Waals surface area contributed by atoms with Gasteiger partial charge >= 0.3 is 0 Å². The zero-order chi connectivity index (χ0) is 29.9. The summed E-state index contributed by atoms with van der Waals surface area (Å²) >= 11 is 0. The van der Waals surface area contributed by atoms with E-state index in [1.807, 2.05) is 12.1 Å². The summed E-state index contributed by atoms with van der Waals surface area (Å²) in [4.78, 5) is 10.8. The van der Waals surface area contributed by atoms with E-state index >= 15 is 0 Å². The smallest absolute Gasteiger partial charge is 0.165 e. The van der Waals surface area contributed by atoms with Crippen molar-refractivity contribution < 1.29 is 0 Å². The Labute approximate surface area is 262 Å². The molecule has 4 aromatic heterocycles. The summed E-state index contributed by atoms with van der Waals surface area (Å²) in [6.07, 6.45) is 0. The minimum absolute atomic E-state index is 0.836. The molecule has 0 atom stereocenters. The highest BCUT2D eigenvalue weighted by molar-refractivity contribution is 6.33. The second kappa shape index (κ2) is 8.68. The molecule has 0 bridgehead atoms. The molecule has 0 aliphatic carbocycles. The number of hydrogen-bond acceptors (Lipinski definition) is 2. The van der Waals surface area contributed by atoms with Crippen LogP contribution in [0.3, 0.4) is 0 Å². The van der Waals surface area contributed by atoms with Gasteiger partial charge in [-0.05, 0) is 52.6 Å². The molecule has 212 valence electrons. The van der Waals surface area contributed by atoms with Gasteiger partial charge in [0.25, 0.3) is 0 Å². The first-order valence-electron chi connectivity index (χ1n) is 15.7. The number of hydrogen-bond donors (Lipinski definition) is 0. The Kier molecular flexibility index (Phi) is 4.55. The van der Waals surface area contributed by atoms with Gasteiger partial charge in [-0.25, -0.2) is 9.97 Å². The molecular weight excluding hydrogens is 560 g/mol. The maximum absolute atomic E-state index is 5.43. The van der Waals surface area contributed by atoms with Crippen LogP contribution in [0.1, 0.15) is 0 Å². The molecule has 4 heterocycles. The number of para-hydroxylation sites is 4. The van der Waals surface area contributed by atoms with E-state index in [-0.39, 0.29) is 0 Å². The van der Waals surface area contributed by atoms with E-state index in [1.165, 1.54) is 54.3 Å². The second-order valence-corrected chi connectivity index (χ2v) is 12.2. The van der Waals surface area contributed by atoms with E-state index in [2.05, 4.69) is 142 Å². The molecular formula is C42H24N4. The van der Waals surface area contributed by atoms with Crippen LogP contribution in [-0.2, 0) is 0 Å². The third-order valence-electron chi connectivity index (χ3n) is 9.83. The molecule has 0 saturated carbocycles. The maximum atomic E-state index is 5.43. The van der Waals surface area contributed by atoms with Crippen molar-refractivity contribution in [2.24, 2.45) is 0 Å². The molecule has 0 unspecified atom stereocenters. The molecule has 0 aliphatic rings. The Morgan fingerprint density at radius 1 is 0.391 bits per heavy atom. The summed E-state index contributed by atoms with van der Waals surface area (Å²) in [6.45, 7) is 0. The standard InChI is InChI=1S/C42H24N4/c1-2-13-26-25(11-1)12-9-17-30(26)40-42(44-33-19-6-5-18-32(33)43-40)46-36-22-10-16-29-27-14-3-7-20-34(27)45-35-21-8-4-15-28(35)31-23-24-37(46)39(38(29)36)41(31)45/h1-24H. The lowest BCUT2D eigenvalue weighted by Crippen LogP contribution is -2.04. The van der Waals surface area contributed by atoms with Crippen molar-refractivity contribution in [3.05, 3.63) is 146 Å². The molecule has 4 heteroatoms. The Bertz CT molecular complexity index is 3030. The van der Waals surface area contributed by atoms with Gasteiger partial charge in [0.15, 0.2) is 5.82 Å². The average molecular weight is 585 g/mol. The average Bonchev–Trinajstić information content (AvgIpc) is 3.59. The predicted octanol–water partition coefficient (Wildman–Crippen LogP) is 10.7. The van der Waals surface area contributed by atoms with Crippen LogP contribution in [0.25, 0.3) is 98.8 Å². The summed E-state index contributed by atoms with van der Waals surface area (Å²) in [7, 11) is 0. The third-order valence-corrected chi connectivity index (χ3v) is 9.83. The summed E-state index contributed by atoms with van der Waals surface area (Å²) in [6, 6.07) is 52.1. The van der Waals surface area contributed by atoms with Crippen molar-refractivity contribution in [1.29, 1.82) is 0 Å². The molecule has 46 heavy (non-hydrogen) atoms. The topological polar surface area (TPSA) is 35.1 Å². The van der Waals surface area contributed by atoms with E-state index in [9.17, 15) is 0 Å². The van der Waals surface area contributed by atoms with Crippen LogP contribution in [0.4, 0.5) is 0 Å². The van der Waals surface area contributed by atoms with Crippen molar-refractivity contribution in [3.63, 3.8) is 0 Å². The largest absolute Gasteiger partial charge is 0.308 e. The minimum Gasteiger partial charge on any atom is -0.308 e. The molecule has 0 aliphatic heterocycles. The summed E-state index contributed by atoms with van der Waals surface area (Å²) in [5.41, 5.74) is 9.61. The molecule has 11 rings (SSSR count). The van der Waals surface area contributed by atoms with Crippen LogP contribution in [0, 0.1) is 0 Å². The lowest BCUT2D eigenvalue weighted by Gasteiger charge is -2.15. The molecule has 0 saturated heterocycles. The Morgan fingerprint density at radius 2 is 0.978 bits per heavy atom. The van der Waals surface area contributed by atoms with Gasteiger partial charge in [0, 0.05) is 32.5 Å². The van der Waals surface area contributed by atoms with E-state index in [0.717, 1.165) is 44.5 Å². The molecule has 7 aromatic carbocycles. The van der Waals surface area contributed by atoms with Crippen LogP contribution < -0.4 is 0 Å². The fourth-order valence-electron chi connectivity index (χ4n) is 7.96. The van der Waals surface area contributed by atoms with Gasteiger partial charge in [0.2, 0.25) is 0 Å². The monoisotopic (exact) mass is 584 g/mol. The number of fused-ring (bicyclic) bond motifs is 8. The van der Waals surface area contributed by atoms with Crippen molar-refractivity contribution in [2.45, 2.75) is 0 Å². The Hall–Kier alpha value is -6.26. The van der Waals surface area contributed by atoms with Gasteiger partial charge in [-0.3, -0.25) is 4.57 Å². The lowest BCUT2D eigenvalue weighted by molar-refractivity contribution is 1.08. The van der Waals surface area contributed by atoms with Crippen molar-refractivity contribution >= 4 is 81.7 Å². The van der Waals surface area contributed by atoms with Gasteiger partial charge in [-0.1, -0.05) is 109 Å². The van der Waals surface area contributed by atoms with Crippen LogP contribution in [0.5, 0.6) is 0 Å². The lowest BCUT2D eigenvalue weighted by atomic mass is 10.0.